The van der Waals surface area contributed by atoms with Crippen molar-refractivity contribution < 1.29 is 9.47 Å². The molecule has 0 amide bonds. The molecule has 1 aliphatic rings. The van der Waals surface area contributed by atoms with Crippen molar-refractivity contribution >= 4 is 30.5 Å². The first-order valence-corrected chi connectivity index (χ1v) is 6.46. The van der Waals surface area contributed by atoms with E-state index in [4.69, 9.17) is 15.2 Å². The van der Waals surface area contributed by atoms with Crippen LogP contribution in [0.5, 0.6) is 5.75 Å². The van der Waals surface area contributed by atoms with Gasteiger partial charge in [0.15, 0.2) is 0 Å². The fraction of sp³-hybridized carbons (Fsp3) is 0.571. The van der Waals surface area contributed by atoms with Crippen LogP contribution >= 0.6 is 24.8 Å². The molecule has 1 saturated heterocycles. The Morgan fingerprint density at radius 3 is 2.45 bits per heavy atom. The number of halogens is 2. The minimum absolute atomic E-state index is 0. The molecule has 6 heteroatoms. The van der Waals surface area contributed by atoms with E-state index in [1.165, 1.54) is 0 Å². The molecule has 0 atom stereocenters. The van der Waals surface area contributed by atoms with Gasteiger partial charge in [0.2, 0.25) is 0 Å². The summed E-state index contributed by atoms with van der Waals surface area (Å²) in [5.74, 6) is 0.940. The fourth-order valence-corrected chi connectivity index (χ4v) is 2.08. The maximum atomic E-state index is 5.86. The molecule has 20 heavy (non-hydrogen) atoms. The number of nitrogens with two attached hydrogens (primary N) is 1. The molecule has 2 rings (SSSR count). The first-order valence-electron chi connectivity index (χ1n) is 6.46. The topological polar surface area (TPSA) is 47.7 Å². The molecular formula is C14H24Cl2N2O2. The molecule has 0 aliphatic carbocycles. The molecule has 0 saturated carbocycles. The van der Waals surface area contributed by atoms with Crippen LogP contribution in [0.1, 0.15) is 11.1 Å². The Morgan fingerprint density at radius 2 is 1.80 bits per heavy atom. The summed E-state index contributed by atoms with van der Waals surface area (Å²) in [6.45, 7) is 9.37. The van der Waals surface area contributed by atoms with Crippen molar-refractivity contribution in [1.29, 1.82) is 0 Å². The van der Waals surface area contributed by atoms with E-state index in [2.05, 4.69) is 4.90 Å². The van der Waals surface area contributed by atoms with Gasteiger partial charge in [-0.05, 0) is 37.1 Å². The van der Waals surface area contributed by atoms with Crippen LogP contribution in [0.2, 0.25) is 0 Å². The summed E-state index contributed by atoms with van der Waals surface area (Å²) in [5, 5.41) is 0. The van der Waals surface area contributed by atoms with E-state index >= 15 is 0 Å². The molecule has 4 nitrogen and oxygen atoms in total. The summed E-state index contributed by atoms with van der Waals surface area (Å²) in [5.41, 5.74) is 8.85. The first kappa shape index (κ1) is 19.3. The highest BCUT2D eigenvalue weighted by atomic mass is 35.5. The van der Waals surface area contributed by atoms with Gasteiger partial charge in [-0.15, -0.1) is 24.8 Å². The van der Waals surface area contributed by atoms with Crippen LogP contribution in [0.3, 0.4) is 0 Å². The lowest BCUT2D eigenvalue weighted by atomic mass is 10.1. The van der Waals surface area contributed by atoms with Gasteiger partial charge in [-0.2, -0.15) is 0 Å². The molecule has 1 aromatic carbocycles. The second kappa shape index (κ2) is 9.29. The highest BCUT2D eigenvalue weighted by molar-refractivity contribution is 5.85. The standard InChI is InChI=1S/C14H22N2O2.2ClH/c1-11-10-14(12(2)9-13(11)15)18-8-5-16-3-6-17-7-4-16;;/h9-10H,3-8,15H2,1-2H3;2*1H. The van der Waals surface area contributed by atoms with E-state index in [-0.39, 0.29) is 24.8 Å². The zero-order chi connectivity index (χ0) is 13.0. The van der Waals surface area contributed by atoms with E-state index in [1.807, 2.05) is 26.0 Å². The Kier molecular flexibility index (Phi) is 8.98. The Labute approximate surface area is 133 Å². The maximum absolute atomic E-state index is 5.86. The van der Waals surface area contributed by atoms with Gasteiger partial charge < -0.3 is 15.2 Å². The van der Waals surface area contributed by atoms with Crippen LogP contribution in [0.4, 0.5) is 5.69 Å². The highest BCUT2D eigenvalue weighted by Crippen LogP contribution is 2.24. The summed E-state index contributed by atoms with van der Waals surface area (Å²) >= 11 is 0. The summed E-state index contributed by atoms with van der Waals surface area (Å²) in [6.07, 6.45) is 0. The third kappa shape index (κ3) is 5.37. The molecule has 0 bridgehead atoms. The summed E-state index contributed by atoms with van der Waals surface area (Å²) in [7, 11) is 0. The van der Waals surface area contributed by atoms with Crippen molar-refractivity contribution in [3.63, 3.8) is 0 Å². The predicted molar refractivity (Wildman–Crippen MR) is 87.6 cm³/mol. The summed E-state index contributed by atoms with van der Waals surface area (Å²) < 4.78 is 11.2. The van der Waals surface area contributed by atoms with Gasteiger partial charge in [-0.3, -0.25) is 4.90 Å². The summed E-state index contributed by atoms with van der Waals surface area (Å²) in [6, 6.07) is 3.99. The Hall–Kier alpha value is -0.680. The van der Waals surface area contributed by atoms with E-state index < -0.39 is 0 Å². The van der Waals surface area contributed by atoms with E-state index in [0.717, 1.165) is 55.4 Å². The molecule has 1 fully saturated rings. The number of hydrogen-bond acceptors (Lipinski definition) is 4. The van der Waals surface area contributed by atoms with Gasteiger partial charge >= 0.3 is 0 Å². The van der Waals surface area contributed by atoms with Gasteiger partial charge in [-0.25, -0.2) is 0 Å². The van der Waals surface area contributed by atoms with Crippen molar-refractivity contribution in [1.82, 2.24) is 4.90 Å². The minimum Gasteiger partial charge on any atom is -0.492 e. The number of morpholine rings is 1. The van der Waals surface area contributed by atoms with Gasteiger partial charge in [0.25, 0.3) is 0 Å². The monoisotopic (exact) mass is 322 g/mol. The third-order valence-corrected chi connectivity index (χ3v) is 3.33. The van der Waals surface area contributed by atoms with Gasteiger partial charge in [0, 0.05) is 25.3 Å². The Balaban J connectivity index is 0.00000180. The van der Waals surface area contributed by atoms with Crippen molar-refractivity contribution in [2.45, 2.75) is 13.8 Å². The van der Waals surface area contributed by atoms with Crippen molar-refractivity contribution in [3.8, 4) is 5.75 Å². The number of benzene rings is 1. The Bertz CT molecular complexity index is 410. The molecule has 0 unspecified atom stereocenters. The van der Waals surface area contributed by atoms with E-state index in [9.17, 15) is 0 Å². The van der Waals surface area contributed by atoms with E-state index in [0.29, 0.717) is 6.61 Å². The number of ether oxygens (including phenoxy) is 2. The molecule has 1 aromatic rings. The normalized spacial score (nSPS) is 15.1. The number of nitrogens with zero attached hydrogens (tertiary/aromatic N) is 1. The van der Waals surface area contributed by atoms with Crippen LogP contribution < -0.4 is 10.5 Å². The number of aryl methyl sites for hydroxylation is 2. The zero-order valence-corrected chi connectivity index (χ0v) is 13.7. The van der Waals surface area contributed by atoms with Crippen LogP contribution in [-0.4, -0.2) is 44.4 Å². The SMILES string of the molecule is Cc1cc(OCCN2CCOCC2)c(C)cc1N.Cl.Cl. The largest absolute Gasteiger partial charge is 0.492 e. The number of anilines is 1. The van der Waals surface area contributed by atoms with Crippen LogP contribution in [0, 0.1) is 13.8 Å². The van der Waals surface area contributed by atoms with E-state index in [1.54, 1.807) is 0 Å². The van der Waals surface area contributed by atoms with Crippen molar-refractivity contribution in [2.75, 3.05) is 45.2 Å². The average molecular weight is 323 g/mol. The highest BCUT2D eigenvalue weighted by Gasteiger charge is 2.10. The third-order valence-electron chi connectivity index (χ3n) is 3.33. The quantitative estimate of drug-likeness (QED) is 0.865. The van der Waals surface area contributed by atoms with Crippen molar-refractivity contribution in [2.24, 2.45) is 0 Å². The average Bonchev–Trinajstić information content (AvgIpc) is 2.37. The first-order chi connectivity index (χ1) is 8.66. The predicted octanol–water partition coefficient (Wildman–Crippen LogP) is 2.44. The van der Waals surface area contributed by atoms with Crippen LogP contribution in [0.15, 0.2) is 12.1 Å². The minimum atomic E-state index is 0. The molecule has 1 aliphatic heterocycles. The van der Waals surface area contributed by atoms with Crippen LogP contribution in [-0.2, 0) is 4.74 Å². The van der Waals surface area contributed by atoms with Crippen LogP contribution in [0.25, 0.3) is 0 Å². The lowest BCUT2D eigenvalue weighted by molar-refractivity contribution is 0.0322. The van der Waals surface area contributed by atoms with Gasteiger partial charge in [0.1, 0.15) is 12.4 Å². The van der Waals surface area contributed by atoms with Gasteiger partial charge in [0.05, 0.1) is 13.2 Å². The molecule has 2 N–H and O–H groups in total. The molecule has 0 radical (unpaired) electrons. The second-order valence-corrected chi connectivity index (χ2v) is 4.78. The Morgan fingerprint density at radius 1 is 1.15 bits per heavy atom. The smallest absolute Gasteiger partial charge is 0.122 e. The summed E-state index contributed by atoms with van der Waals surface area (Å²) in [4.78, 5) is 2.36. The number of rotatable bonds is 4. The van der Waals surface area contributed by atoms with Crippen molar-refractivity contribution in [3.05, 3.63) is 23.3 Å². The van der Waals surface area contributed by atoms with Gasteiger partial charge in [-0.1, -0.05) is 0 Å². The molecule has 1 heterocycles. The molecule has 0 aromatic heterocycles. The fourth-order valence-electron chi connectivity index (χ4n) is 2.08. The zero-order valence-electron chi connectivity index (χ0n) is 12.1. The number of hydrogen-bond donors (Lipinski definition) is 1. The molecule has 116 valence electrons. The second-order valence-electron chi connectivity index (χ2n) is 4.78. The molecule has 0 spiro atoms. The lowest BCUT2D eigenvalue weighted by Crippen LogP contribution is -2.38. The lowest BCUT2D eigenvalue weighted by Gasteiger charge is -2.26. The maximum Gasteiger partial charge on any atom is 0.122 e. The number of nitrogen functional groups attached to an aromatic ring is 1. The molecular weight excluding hydrogens is 299 g/mol.